The lowest BCUT2D eigenvalue weighted by atomic mass is 10.0. The second-order valence-corrected chi connectivity index (χ2v) is 4.72. The minimum absolute atomic E-state index is 0.300. The van der Waals surface area contributed by atoms with Gasteiger partial charge in [-0.3, -0.25) is 4.99 Å². The number of nitriles is 1. The van der Waals surface area contributed by atoms with Crippen molar-refractivity contribution in [2.75, 3.05) is 7.05 Å². The van der Waals surface area contributed by atoms with Crippen LogP contribution >= 0.6 is 0 Å². The smallest absolute Gasteiger partial charge is 0.190 e. The molecule has 0 aliphatic carbocycles. The second-order valence-electron chi connectivity index (χ2n) is 4.72. The van der Waals surface area contributed by atoms with Crippen molar-refractivity contribution in [2.45, 2.75) is 0 Å². The molecule has 1 heterocycles. The minimum Gasteiger partial charge on any atom is -0.296 e. The van der Waals surface area contributed by atoms with Gasteiger partial charge in [0.1, 0.15) is 11.8 Å². The largest absolute Gasteiger partial charge is 0.296 e. The number of aromatic amines is 1. The van der Waals surface area contributed by atoms with Gasteiger partial charge in [0.25, 0.3) is 0 Å². The van der Waals surface area contributed by atoms with E-state index >= 15 is 0 Å². The van der Waals surface area contributed by atoms with E-state index in [-0.39, 0.29) is 0 Å². The molecule has 5 heteroatoms. The molecular formula is C17H13N5. The summed E-state index contributed by atoms with van der Waals surface area (Å²) in [5.74, 6) is 0. The average molecular weight is 287 g/mol. The van der Waals surface area contributed by atoms with Gasteiger partial charge in [0.2, 0.25) is 0 Å². The van der Waals surface area contributed by atoms with Crippen LogP contribution in [0.3, 0.4) is 0 Å². The van der Waals surface area contributed by atoms with E-state index in [0.29, 0.717) is 11.4 Å². The molecule has 1 N–H and O–H groups in total. The predicted molar refractivity (Wildman–Crippen MR) is 85.5 cm³/mol. The zero-order valence-electron chi connectivity index (χ0n) is 12.0. The molecule has 22 heavy (non-hydrogen) atoms. The summed E-state index contributed by atoms with van der Waals surface area (Å²) in [6.45, 7) is 0. The monoisotopic (exact) mass is 287 g/mol. The highest BCUT2D eigenvalue weighted by molar-refractivity contribution is 5.82. The van der Waals surface area contributed by atoms with E-state index in [2.05, 4.69) is 32.5 Å². The molecule has 106 valence electrons. The maximum Gasteiger partial charge on any atom is 0.190 e. The average Bonchev–Trinajstić information content (AvgIpc) is 3.04. The maximum absolute atomic E-state index is 9.00. The third-order valence-electron chi connectivity index (χ3n) is 3.31. The van der Waals surface area contributed by atoms with Gasteiger partial charge >= 0.3 is 0 Å². The number of H-pyrrole nitrogens is 1. The lowest BCUT2D eigenvalue weighted by molar-refractivity contribution is 0.937. The molecule has 0 saturated carbocycles. The summed E-state index contributed by atoms with van der Waals surface area (Å²) in [7, 11) is 1.76. The first kappa shape index (κ1) is 13.7. The lowest BCUT2D eigenvalue weighted by Gasteiger charge is -2.04. The Bertz CT molecular complexity index is 853. The molecule has 5 nitrogen and oxygen atoms in total. The van der Waals surface area contributed by atoms with Crippen molar-refractivity contribution in [1.82, 2.24) is 15.4 Å². The number of aromatic nitrogens is 3. The molecular weight excluding hydrogens is 274 g/mol. The number of hydrogen-bond acceptors (Lipinski definition) is 4. The van der Waals surface area contributed by atoms with Crippen molar-refractivity contribution >= 4 is 6.21 Å². The van der Waals surface area contributed by atoms with Crippen LogP contribution in [0.4, 0.5) is 0 Å². The Hall–Kier alpha value is -3.26. The van der Waals surface area contributed by atoms with Gasteiger partial charge in [-0.15, -0.1) is 5.10 Å². The summed E-state index contributed by atoms with van der Waals surface area (Å²) in [5.41, 5.74) is 5.00. The van der Waals surface area contributed by atoms with Gasteiger partial charge in [-0.25, -0.2) is 0 Å². The summed E-state index contributed by atoms with van der Waals surface area (Å²) < 4.78 is 0. The van der Waals surface area contributed by atoms with E-state index in [1.807, 2.05) is 48.7 Å². The van der Waals surface area contributed by atoms with Crippen molar-refractivity contribution < 1.29 is 0 Å². The topological polar surface area (TPSA) is 77.7 Å². The summed E-state index contributed by atoms with van der Waals surface area (Å²) in [6.07, 6.45) is 1.83. The number of nitrogens with zero attached hydrogens (tertiary/aromatic N) is 4. The van der Waals surface area contributed by atoms with E-state index in [1.54, 1.807) is 7.05 Å². The van der Waals surface area contributed by atoms with E-state index < -0.39 is 0 Å². The molecule has 0 unspecified atom stereocenters. The molecule has 0 fully saturated rings. The second kappa shape index (κ2) is 6.02. The molecule has 0 radical (unpaired) electrons. The molecule has 0 atom stereocenters. The number of hydrogen-bond donors (Lipinski definition) is 1. The Morgan fingerprint density at radius 2 is 1.82 bits per heavy atom. The Kier molecular flexibility index (Phi) is 3.75. The first-order chi connectivity index (χ1) is 10.8. The summed E-state index contributed by atoms with van der Waals surface area (Å²) in [5, 5.41) is 19.3. The molecule has 1 aromatic heterocycles. The van der Waals surface area contributed by atoms with Crippen molar-refractivity contribution in [3.63, 3.8) is 0 Å². The van der Waals surface area contributed by atoms with Gasteiger partial charge in [-0.05, 0) is 22.8 Å². The van der Waals surface area contributed by atoms with Crippen molar-refractivity contribution in [1.29, 1.82) is 5.26 Å². The third kappa shape index (κ3) is 2.63. The number of rotatable bonds is 3. The molecule has 0 amide bonds. The van der Waals surface area contributed by atoms with Crippen LogP contribution in [0.25, 0.3) is 22.4 Å². The molecule has 0 bridgehead atoms. The van der Waals surface area contributed by atoms with Gasteiger partial charge in [0.05, 0.1) is 0 Å². The summed E-state index contributed by atoms with van der Waals surface area (Å²) in [4.78, 5) is 4.03. The zero-order valence-corrected chi connectivity index (χ0v) is 12.0. The standard InChI is InChI=1S/C17H13N5/c1-19-11-12-3-2-4-15(9-12)13-5-7-14(8-6-13)17-16(10-18)20-22-21-17/h2-9,11H,1H3,(H,20,21,22). The normalized spacial score (nSPS) is 10.7. The van der Waals surface area contributed by atoms with Crippen LogP contribution in [-0.4, -0.2) is 28.7 Å². The number of aliphatic imine (C=N–C) groups is 1. The van der Waals surface area contributed by atoms with Crippen molar-refractivity contribution in [2.24, 2.45) is 4.99 Å². The Morgan fingerprint density at radius 1 is 1.05 bits per heavy atom. The van der Waals surface area contributed by atoms with Gasteiger partial charge < -0.3 is 0 Å². The van der Waals surface area contributed by atoms with Gasteiger partial charge in [-0.1, -0.05) is 42.5 Å². The van der Waals surface area contributed by atoms with Gasteiger partial charge in [-0.2, -0.15) is 15.6 Å². The first-order valence-corrected chi connectivity index (χ1v) is 6.75. The van der Waals surface area contributed by atoms with Gasteiger partial charge in [0.15, 0.2) is 5.69 Å². The lowest BCUT2D eigenvalue weighted by Crippen LogP contribution is -1.85. The highest BCUT2D eigenvalue weighted by Gasteiger charge is 2.09. The van der Waals surface area contributed by atoms with Crippen LogP contribution < -0.4 is 0 Å². The molecule has 0 aliphatic rings. The van der Waals surface area contributed by atoms with Crippen molar-refractivity contribution in [3.05, 3.63) is 59.8 Å². The maximum atomic E-state index is 9.00. The molecule has 0 saturated heterocycles. The zero-order chi connectivity index (χ0) is 15.4. The fraction of sp³-hybridized carbons (Fsp3) is 0.0588. The first-order valence-electron chi connectivity index (χ1n) is 6.75. The van der Waals surface area contributed by atoms with Crippen LogP contribution in [0.1, 0.15) is 11.3 Å². The third-order valence-corrected chi connectivity index (χ3v) is 3.31. The SMILES string of the molecule is CN=Cc1cccc(-c2ccc(-c3n[nH]nc3C#N)cc2)c1. The van der Waals surface area contributed by atoms with Crippen LogP contribution in [-0.2, 0) is 0 Å². The Balaban J connectivity index is 1.95. The predicted octanol–water partition coefficient (Wildman–Crippen LogP) is 3.06. The van der Waals surface area contributed by atoms with Crippen molar-refractivity contribution in [3.8, 4) is 28.5 Å². The summed E-state index contributed by atoms with van der Waals surface area (Å²) in [6, 6.07) is 18.1. The number of benzene rings is 2. The van der Waals surface area contributed by atoms with E-state index in [1.165, 1.54) is 0 Å². The van der Waals surface area contributed by atoms with Crippen LogP contribution in [0.2, 0.25) is 0 Å². The number of nitrogens with one attached hydrogen (secondary N) is 1. The highest BCUT2D eigenvalue weighted by Crippen LogP contribution is 2.25. The Morgan fingerprint density at radius 3 is 2.55 bits per heavy atom. The highest BCUT2D eigenvalue weighted by atomic mass is 15.3. The minimum atomic E-state index is 0.300. The van der Waals surface area contributed by atoms with Crippen LogP contribution in [0.15, 0.2) is 53.5 Å². The Labute approximate surface area is 128 Å². The molecule has 0 aliphatic heterocycles. The van der Waals surface area contributed by atoms with E-state index in [9.17, 15) is 0 Å². The van der Waals surface area contributed by atoms with E-state index in [4.69, 9.17) is 5.26 Å². The van der Waals surface area contributed by atoms with E-state index in [0.717, 1.165) is 22.3 Å². The fourth-order valence-corrected chi connectivity index (χ4v) is 2.28. The molecule has 2 aromatic carbocycles. The van der Waals surface area contributed by atoms with Gasteiger partial charge in [0, 0.05) is 18.8 Å². The molecule has 3 aromatic rings. The molecule has 0 spiro atoms. The fourth-order valence-electron chi connectivity index (χ4n) is 2.28. The molecule has 3 rings (SSSR count). The quantitative estimate of drug-likeness (QED) is 0.752. The van der Waals surface area contributed by atoms with Crippen LogP contribution in [0.5, 0.6) is 0 Å². The summed E-state index contributed by atoms with van der Waals surface area (Å²) >= 11 is 0. The van der Waals surface area contributed by atoms with Crippen LogP contribution in [0, 0.1) is 11.3 Å².